The molecule has 0 aromatic heterocycles. The van der Waals surface area contributed by atoms with Crippen LogP contribution < -0.4 is 20.6 Å². The van der Waals surface area contributed by atoms with Gasteiger partial charge < -0.3 is 0 Å². The summed E-state index contributed by atoms with van der Waals surface area (Å²) in [6.07, 6.45) is 14.9. The molecular weight excluding hydrogens is 556 g/mol. The van der Waals surface area contributed by atoms with Crippen molar-refractivity contribution in [1.82, 2.24) is 4.72 Å². The fraction of sp³-hybridized carbons (Fsp3) is 0.500. The Balaban J connectivity index is 1.59. The van der Waals surface area contributed by atoms with Crippen LogP contribution >= 0.6 is 15.8 Å². The highest BCUT2D eigenvalue weighted by atomic mass is 32.2. The first kappa shape index (κ1) is 31.1. The standard InChI is InChI=1S/C36H49NOP2S/c1-36(2,3)41(38)37-34(28-39(29-18-8-4-9-19-29)30-20-10-5-11-21-30)33-26-16-17-27-35(33)40(31-22-12-6-13-23-31)32-24-14-7-15-25-32/h4-5,8-11,16-21,26-27,31-32,34,37H,6-7,12-15,22-25,28H2,1-3H3. The molecule has 2 saturated carbocycles. The number of hydrogen-bond acceptors (Lipinski definition) is 1. The molecule has 220 valence electrons. The molecule has 0 radical (unpaired) electrons. The highest BCUT2D eigenvalue weighted by Gasteiger charge is 2.36. The minimum Gasteiger partial charge on any atom is -0.242 e. The summed E-state index contributed by atoms with van der Waals surface area (Å²) in [6, 6.07) is 31.5. The Morgan fingerprint density at radius 3 is 1.66 bits per heavy atom. The van der Waals surface area contributed by atoms with Crippen LogP contribution in [-0.2, 0) is 11.0 Å². The summed E-state index contributed by atoms with van der Waals surface area (Å²) in [5.74, 6) is 0. The van der Waals surface area contributed by atoms with Crippen molar-refractivity contribution < 1.29 is 4.21 Å². The predicted octanol–water partition coefficient (Wildman–Crippen LogP) is 8.69. The van der Waals surface area contributed by atoms with Gasteiger partial charge in [0.05, 0.1) is 15.7 Å². The monoisotopic (exact) mass is 605 g/mol. The Bertz CT molecular complexity index is 1180. The first-order chi connectivity index (χ1) is 19.9. The zero-order valence-electron chi connectivity index (χ0n) is 25.3. The van der Waals surface area contributed by atoms with Gasteiger partial charge in [-0.3, -0.25) is 0 Å². The average Bonchev–Trinajstić information content (AvgIpc) is 3.01. The second-order valence-electron chi connectivity index (χ2n) is 12.9. The third-order valence-corrected chi connectivity index (χ3v) is 16.6. The zero-order chi connectivity index (χ0) is 28.7. The van der Waals surface area contributed by atoms with E-state index >= 15 is 0 Å². The lowest BCUT2D eigenvalue weighted by atomic mass is 9.99. The van der Waals surface area contributed by atoms with Crippen molar-refractivity contribution >= 4 is 42.7 Å². The van der Waals surface area contributed by atoms with Crippen molar-refractivity contribution in [3.63, 3.8) is 0 Å². The van der Waals surface area contributed by atoms with Crippen LogP contribution in [0.2, 0.25) is 0 Å². The topological polar surface area (TPSA) is 29.1 Å². The van der Waals surface area contributed by atoms with Crippen LogP contribution in [0.1, 0.15) is 96.6 Å². The number of nitrogens with one attached hydrogen (secondary N) is 1. The van der Waals surface area contributed by atoms with Gasteiger partial charge in [-0.15, -0.1) is 0 Å². The fourth-order valence-electron chi connectivity index (χ4n) is 6.69. The average molecular weight is 606 g/mol. The largest absolute Gasteiger partial charge is 0.242 e. The summed E-state index contributed by atoms with van der Waals surface area (Å²) >= 11 is 0. The molecule has 1 N–H and O–H groups in total. The Morgan fingerprint density at radius 1 is 0.707 bits per heavy atom. The van der Waals surface area contributed by atoms with Gasteiger partial charge in [0, 0.05) is 6.04 Å². The normalized spacial score (nSPS) is 19.0. The first-order valence-electron chi connectivity index (χ1n) is 15.8. The predicted molar refractivity (Wildman–Crippen MR) is 184 cm³/mol. The van der Waals surface area contributed by atoms with Crippen molar-refractivity contribution in [2.24, 2.45) is 0 Å². The fourth-order valence-corrected chi connectivity index (χ4v) is 14.1. The molecule has 41 heavy (non-hydrogen) atoms. The van der Waals surface area contributed by atoms with Crippen LogP contribution in [0.5, 0.6) is 0 Å². The lowest BCUT2D eigenvalue weighted by Crippen LogP contribution is -2.39. The third kappa shape index (κ3) is 8.17. The van der Waals surface area contributed by atoms with Crippen LogP contribution in [0.4, 0.5) is 0 Å². The minimum absolute atomic E-state index is 0.0370. The van der Waals surface area contributed by atoms with E-state index in [0.29, 0.717) is 0 Å². The van der Waals surface area contributed by atoms with E-state index in [-0.39, 0.29) is 18.7 Å². The van der Waals surface area contributed by atoms with E-state index in [4.69, 9.17) is 0 Å². The Kier molecular flexibility index (Phi) is 11.3. The van der Waals surface area contributed by atoms with Crippen molar-refractivity contribution in [3.8, 4) is 0 Å². The lowest BCUT2D eigenvalue weighted by Gasteiger charge is -2.40. The van der Waals surface area contributed by atoms with Crippen molar-refractivity contribution in [1.29, 1.82) is 0 Å². The van der Waals surface area contributed by atoms with Crippen molar-refractivity contribution in [3.05, 3.63) is 90.5 Å². The highest BCUT2D eigenvalue weighted by molar-refractivity contribution is 7.84. The van der Waals surface area contributed by atoms with Gasteiger partial charge >= 0.3 is 0 Å². The summed E-state index contributed by atoms with van der Waals surface area (Å²) in [4.78, 5) is 0. The highest BCUT2D eigenvalue weighted by Crippen LogP contribution is 2.56. The molecule has 2 fully saturated rings. The third-order valence-electron chi connectivity index (χ3n) is 8.83. The first-order valence-corrected chi connectivity index (χ1v) is 20.0. The molecule has 0 saturated heterocycles. The van der Waals surface area contributed by atoms with Gasteiger partial charge in [0.15, 0.2) is 0 Å². The van der Waals surface area contributed by atoms with Crippen molar-refractivity contribution in [2.45, 2.75) is 107 Å². The van der Waals surface area contributed by atoms with E-state index in [9.17, 15) is 4.21 Å². The molecule has 5 rings (SSSR count). The summed E-state index contributed by atoms with van der Waals surface area (Å²) in [5, 5.41) is 4.39. The summed E-state index contributed by atoms with van der Waals surface area (Å²) < 4.78 is 17.2. The van der Waals surface area contributed by atoms with Gasteiger partial charge in [0.2, 0.25) is 0 Å². The SMILES string of the molecule is CC(C)(C)S(=O)NC(CP(c1ccccc1)c1ccccc1)c1ccccc1P(C1CCCCC1)C1CCCCC1. The molecule has 2 aliphatic rings. The number of rotatable bonds is 10. The molecule has 0 amide bonds. The molecule has 2 aliphatic carbocycles. The smallest absolute Gasteiger partial charge is 0.0976 e. The molecular formula is C36H49NOP2S. The molecule has 2 nitrogen and oxygen atoms in total. The van der Waals surface area contributed by atoms with Gasteiger partial charge in [-0.05, 0) is 93.3 Å². The van der Waals surface area contributed by atoms with E-state index < -0.39 is 18.9 Å². The van der Waals surface area contributed by atoms with E-state index in [2.05, 4.69) is 110 Å². The summed E-state index contributed by atoms with van der Waals surface area (Å²) in [5.41, 5.74) is 3.09. The maximum Gasteiger partial charge on any atom is 0.0976 e. The van der Waals surface area contributed by atoms with E-state index in [0.717, 1.165) is 17.5 Å². The Labute approximate surface area is 254 Å². The maximum atomic E-state index is 13.8. The van der Waals surface area contributed by atoms with Crippen LogP contribution in [0, 0.1) is 0 Å². The van der Waals surface area contributed by atoms with Gasteiger partial charge in [-0.25, -0.2) is 8.93 Å². The zero-order valence-corrected chi connectivity index (χ0v) is 27.9. The Morgan fingerprint density at radius 2 is 1.17 bits per heavy atom. The van der Waals surface area contributed by atoms with Gasteiger partial charge in [0.1, 0.15) is 0 Å². The molecule has 0 spiro atoms. The molecule has 2 unspecified atom stereocenters. The summed E-state index contributed by atoms with van der Waals surface area (Å²) in [6.45, 7) is 6.27. The molecule has 3 aromatic carbocycles. The van der Waals surface area contributed by atoms with Gasteiger partial charge in [0.25, 0.3) is 0 Å². The molecule has 0 bridgehead atoms. The van der Waals surface area contributed by atoms with Gasteiger partial charge in [-0.2, -0.15) is 0 Å². The van der Waals surface area contributed by atoms with Crippen LogP contribution in [-0.4, -0.2) is 26.4 Å². The van der Waals surface area contributed by atoms with E-state index in [1.807, 2.05) is 0 Å². The van der Waals surface area contributed by atoms with Crippen LogP contribution in [0.15, 0.2) is 84.9 Å². The second-order valence-corrected chi connectivity index (χ2v) is 19.9. The minimum atomic E-state index is -1.16. The molecule has 0 aliphatic heterocycles. The maximum absolute atomic E-state index is 13.8. The van der Waals surface area contributed by atoms with E-state index in [1.165, 1.54) is 80.4 Å². The quantitative estimate of drug-likeness (QED) is 0.230. The Hall–Kier alpha value is -1.37. The lowest BCUT2D eigenvalue weighted by molar-refractivity contribution is 0.487. The van der Waals surface area contributed by atoms with Crippen LogP contribution in [0.25, 0.3) is 0 Å². The van der Waals surface area contributed by atoms with Gasteiger partial charge in [-0.1, -0.05) is 131 Å². The molecule has 5 heteroatoms. The molecule has 3 aromatic rings. The van der Waals surface area contributed by atoms with Crippen molar-refractivity contribution in [2.75, 3.05) is 6.16 Å². The molecule has 0 heterocycles. The second kappa shape index (κ2) is 14.9. The molecule has 2 atom stereocenters. The summed E-state index contributed by atoms with van der Waals surface area (Å²) in [7, 11) is -2.05. The number of benzene rings is 3. The number of hydrogen-bond donors (Lipinski definition) is 1. The van der Waals surface area contributed by atoms with Crippen LogP contribution in [0.3, 0.4) is 0 Å². The van der Waals surface area contributed by atoms with E-state index in [1.54, 1.807) is 5.30 Å².